The third kappa shape index (κ3) is 4.70. The molecule has 33 heavy (non-hydrogen) atoms. The highest BCUT2D eigenvalue weighted by molar-refractivity contribution is 7.18. The van der Waals surface area contributed by atoms with Gasteiger partial charge in [-0.3, -0.25) is 9.69 Å². The van der Waals surface area contributed by atoms with Crippen LogP contribution >= 0.6 is 11.3 Å². The number of fused-ring (bicyclic) bond motifs is 1. The quantitative estimate of drug-likeness (QED) is 0.430. The van der Waals surface area contributed by atoms with E-state index in [1.54, 1.807) is 11.3 Å². The summed E-state index contributed by atoms with van der Waals surface area (Å²) in [4.78, 5) is 22.1. The smallest absolute Gasteiger partial charge is 0.222 e. The van der Waals surface area contributed by atoms with Gasteiger partial charge in [0.2, 0.25) is 5.91 Å². The fourth-order valence-electron chi connectivity index (χ4n) is 4.58. The molecule has 3 heterocycles. The monoisotopic (exact) mass is 459 g/mol. The average molecular weight is 460 g/mol. The van der Waals surface area contributed by atoms with Gasteiger partial charge in [0.05, 0.1) is 28.1 Å². The second-order valence-electron chi connectivity index (χ2n) is 8.63. The van der Waals surface area contributed by atoms with E-state index in [1.807, 2.05) is 40.8 Å². The number of aromatic nitrogens is 3. The summed E-state index contributed by atoms with van der Waals surface area (Å²) in [5.74, 6) is 0.237. The summed E-state index contributed by atoms with van der Waals surface area (Å²) in [6.07, 6.45) is 1.26. The van der Waals surface area contributed by atoms with E-state index in [0.717, 1.165) is 66.7 Å². The lowest BCUT2D eigenvalue weighted by Crippen LogP contribution is -2.48. The molecule has 7 heteroatoms. The maximum Gasteiger partial charge on any atom is 0.222 e. The minimum absolute atomic E-state index is 0.237. The number of hydrogen-bond acceptors (Lipinski definition) is 5. The van der Waals surface area contributed by atoms with Gasteiger partial charge in [-0.2, -0.15) is 5.10 Å². The number of benzene rings is 2. The first-order chi connectivity index (χ1) is 16.1. The predicted molar refractivity (Wildman–Crippen MR) is 133 cm³/mol. The van der Waals surface area contributed by atoms with E-state index in [4.69, 9.17) is 10.1 Å². The number of nitrogens with zero attached hydrogens (tertiary/aromatic N) is 5. The highest BCUT2D eigenvalue weighted by Crippen LogP contribution is 2.23. The number of para-hydroxylation sites is 2. The molecule has 2 aromatic carbocycles. The lowest BCUT2D eigenvalue weighted by atomic mass is 10.1. The van der Waals surface area contributed by atoms with Crippen molar-refractivity contribution in [2.75, 3.05) is 26.2 Å². The number of amides is 1. The standard InChI is InChI=1S/C26H29N5OS/c1-19-22(20(2)31(28-19)21-8-4-3-5-9-21)12-13-26(32)30-16-14-29(15-17-30)18-25-27-23-10-6-7-11-24(23)33-25/h3-11H,12-18H2,1-2H3. The first-order valence-electron chi connectivity index (χ1n) is 11.5. The van der Waals surface area contributed by atoms with Crippen LogP contribution in [0.15, 0.2) is 54.6 Å². The summed E-state index contributed by atoms with van der Waals surface area (Å²) in [5.41, 5.74) is 5.44. The Balaban J connectivity index is 1.15. The van der Waals surface area contributed by atoms with Gasteiger partial charge in [-0.15, -0.1) is 11.3 Å². The number of hydrogen-bond donors (Lipinski definition) is 0. The summed E-state index contributed by atoms with van der Waals surface area (Å²) in [6, 6.07) is 18.4. The molecule has 0 bridgehead atoms. The molecule has 170 valence electrons. The van der Waals surface area contributed by atoms with Crippen molar-refractivity contribution in [2.24, 2.45) is 0 Å². The first-order valence-corrected chi connectivity index (χ1v) is 12.4. The third-order valence-corrected chi connectivity index (χ3v) is 7.47. The highest BCUT2D eigenvalue weighted by atomic mass is 32.1. The molecule has 1 aliphatic rings. The lowest BCUT2D eigenvalue weighted by Gasteiger charge is -2.34. The Bertz CT molecular complexity index is 1220. The van der Waals surface area contributed by atoms with Crippen molar-refractivity contribution in [3.63, 3.8) is 0 Å². The minimum Gasteiger partial charge on any atom is -0.340 e. The molecule has 0 N–H and O–H groups in total. The summed E-state index contributed by atoms with van der Waals surface area (Å²) < 4.78 is 3.22. The SMILES string of the molecule is Cc1nn(-c2ccccc2)c(C)c1CCC(=O)N1CCN(Cc2nc3ccccc3s2)CC1. The van der Waals surface area contributed by atoms with Gasteiger partial charge in [-0.05, 0) is 50.1 Å². The number of piperazine rings is 1. The van der Waals surface area contributed by atoms with Gasteiger partial charge in [-0.1, -0.05) is 30.3 Å². The lowest BCUT2D eigenvalue weighted by molar-refractivity contribution is -0.133. The largest absolute Gasteiger partial charge is 0.340 e. The van der Waals surface area contributed by atoms with Crippen molar-refractivity contribution in [3.8, 4) is 5.69 Å². The number of rotatable bonds is 6. The number of thiazole rings is 1. The number of carbonyl (C=O) groups excluding carboxylic acids is 1. The zero-order valence-electron chi connectivity index (χ0n) is 19.2. The summed E-state index contributed by atoms with van der Waals surface area (Å²) in [5, 5.41) is 5.87. The molecule has 0 unspecified atom stereocenters. The van der Waals surface area contributed by atoms with Crippen LogP contribution in [-0.4, -0.2) is 56.7 Å². The Morgan fingerprint density at radius 3 is 2.45 bits per heavy atom. The van der Waals surface area contributed by atoms with Crippen LogP contribution in [-0.2, 0) is 17.8 Å². The van der Waals surface area contributed by atoms with Gasteiger partial charge in [0.15, 0.2) is 0 Å². The van der Waals surface area contributed by atoms with E-state index in [1.165, 1.54) is 10.3 Å². The molecule has 0 atom stereocenters. The molecule has 1 saturated heterocycles. The predicted octanol–water partition coefficient (Wildman–Crippen LogP) is 4.38. The highest BCUT2D eigenvalue weighted by Gasteiger charge is 2.23. The fourth-order valence-corrected chi connectivity index (χ4v) is 5.59. The fraction of sp³-hybridized carbons (Fsp3) is 0.346. The maximum atomic E-state index is 12.9. The minimum atomic E-state index is 0.237. The molecule has 0 saturated carbocycles. The molecule has 5 rings (SSSR count). The van der Waals surface area contributed by atoms with Crippen LogP contribution in [0, 0.1) is 13.8 Å². The summed E-state index contributed by atoms with van der Waals surface area (Å²) >= 11 is 1.77. The number of aryl methyl sites for hydroxylation is 1. The van der Waals surface area contributed by atoms with Crippen molar-refractivity contribution >= 4 is 27.5 Å². The first kappa shape index (κ1) is 21.8. The van der Waals surface area contributed by atoms with E-state index in [0.29, 0.717) is 6.42 Å². The molecule has 2 aromatic heterocycles. The van der Waals surface area contributed by atoms with Crippen LogP contribution in [0.25, 0.3) is 15.9 Å². The van der Waals surface area contributed by atoms with Gasteiger partial charge in [0.1, 0.15) is 5.01 Å². The molecule has 1 amide bonds. The van der Waals surface area contributed by atoms with E-state index >= 15 is 0 Å². The molecule has 1 fully saturated rings. The van der Waals surface area contributed by atoms with Crippen LogP contribution in [0.1, 0.15) is 28.4 Å². The van der Waals surface area contributed by atoms with Gasteiger partial charge < -0.3 is 4.90 Å². The molecule has 0 aliphatic carbocycles. The average Bonchev–Trinajstić information content (AvgIpc) is 3.38. The molecule has 4 aromatic rings. The van der Waals surface area contributed by atoms with Crippen LogP contribution in [0.4, 0.5) is 0 Å². The van der Waals surface area contributed by atoms with Crippen LogP contribution in [0.5, 0.6) is 0 Å². The normalized spacial score (nSPS) is 14.8. The van der Waals surface area contributed by atoms with Gasteiger partial charge in [0.25, 0.3) is 0 Å². The molecule has 0 spiro atoms. The van der Waals surface area contributed by atoms with Crippen molar-refractivity contribution in [1.82, 2.24) is 24.6 Å². The third-order valence-electron chi connectivity index (χ3n) is 6.45. The Labute approximate surface area is 198 Å². The number of carbonyl (C=O) groups is 1. The second-order valence-corrected chi connectivity index (χ2v) is 9.74. The Hall–Kier alpha value is -3.03. The van der Waals surface area contributed by atoms with Gasteiger partial charge >= 0.3 is 0 Å². The van der Waals surface area contributed by atoms with Crippen LogP contribution in [0.2, 0.25) is 0 Å². The van der Waals surface area contributed by atoms with Crippen molar-refractivity contribution < 1.29 is 4.79 Å². The Morgan fingerprint density at radius 1 is 0.970 bits per heavy atom. The van der Waals surface area contributed by atoms with Crippen molar-refractivity contribution in [1.29, 1.82) is 0 Å². The summed E-state index contributed by atoms with van der Waals surface area (Å²) in [6.45, 7) is 8.34. The maximum absolute atomic E-state index is 12.9. The van der Waals surface area contributed by atoms with Gasteiger partial charge in [-0.25, -0.2) is 9.67 Å². The Morgan fingerprint density at radius 2 is 1.70 bits per heavy atom. The van der Waals surface area contributed by atoms with E-state index < -0.39 is 0 Å². The molecular weight excluding hydrogens is 430 g/mol. The molecule has 0 radical (unpaired) electrons. The zero-order chi connectivity index (χ0) is 22.8. The zero-order valence-corrected chi connectivity index (χ0v) is 20.0. The van der Waals surface area contributed by atoms with Crippen LogP contribution in [0.3, 0.4) is 0 Å². The van der Waals surface area contributed by atoms with E-state index in [2.05, 4.69) is 42.2 Å². The van der Waals surface area contributed by atoms with E-state index in [9.17, 15) is 4.79 Å². The van der Waals surface area contributed by atoms with Crippen LogP contribution < -0.4 is 0 Å². The Kier molecular flexibility index (Phi) is 6.24. The molecule has 6 nitrogen and oxygen atoms in total. The second kappa shape index (κ2) is 9.45. The van der Waals surface area contributed by atoms with Gasteiger partial charge in [0, 0.05) is 38.3 Å². The topological polar surface area (TPSA) is 54.3 Å². The molecule has 1 aliphatic heterocycles. The van der Waals surface area contributed by atoms with Crippen molar-refractivity contribution in [2.45, 2.75) is 33.2 Å². The molecular formula is C26H29N5OS. The van der Waals surface area contributed by atoms with E-state index in [-0.39, 0.29) is 5.91 Å². The summed E-state index contributed by atoms with van der Waals surface area (Å²) in [7, 11) is 0. The van der Waals surface area contributed by atoms with Crippen molar-refractivity contribution in [3.05, 3.63) is 76.6 Å².